The molecule has 11 nitrogen and oxygen atoms in total. The largest absolute Gasteiger partial charge is 0.475 e. The second kappa shape index (κ2) is 18.5. The van der Waals surface area contributed by atoms with Crippen molar-refractivity contribution in [3.05, 3.63) is 78.2 Å². The molecule has 3 aliphatic rings. The molecule has 0 radical (unpaired) electrons. The molecule has 0 aliphatic carbocycles. The molecule has 51 heavy (non-hydrogen) atoms. The van der Waals surface area contributed by atoms with Crippen LogP contribution in [0.3, 0.4) is 0 Å². The molecule has 2 aromatic carbocycles. The lowest BCUT2D eigenvalue weighted by molar-refractivity contribution is -0.453. The molecular weight excluding hydrogens is 647 g/mol. The summed E-state index contributed by atoms with van der Waals surface area (Å²) in [5.41, 5.74) is 3.16. The fourth-order valence-corrected chi connectivity index (χ4v) is 5.47. The van der Waals surface area contributed by atoms with E-state index in [-0.39, 0.29) is 11.6 Å². The Labute approximate surface area is 300 Å². The molecule has 0 bridgehead atoms. The van der Waals surface area contributed by atoms with Crippen LogP contribution in [0.5, 0.6) is 11.5 Å². The minimum Gasteiger partial charge on any atom is -0.475 e. The number of carbonyl (C=O) groups excluding carboxylic acids is 1. The zero-order valence-corrected chi connectivity index (χ0v) is 30.6. The summed E-state index contributed by atoms with van der Waals surface area (Å²) in [6, 6.07) is 7.25. The molecule has 0 atom stereocenters. The first kappa shape index (κ1) is 38.3. The lowest BCUT2D eigenvalue weighted by atomic mass is 10.1. The second-order valence-corrected chi connectivity index (χ2v) is 11.7. The molecule has 6 rings (SSSR count). The molecule has 4 heterocycles. The van der Waals surface area contributed by atoms with E-state index in [1.165, 1.54) is 6.33 Å². The third-order valence-electron chi connectivity index (χ3n) is 7.98. The van der Waals surface area contributed by atoms with E-state index in [0.29, 0.717) is 78.9 Å². The predicted octanol–water partition coefficient (Wildman–Crippen LogP) is 6.41. The number of hydrazone groups is 1. The molecular formula is C39H48FN8O3+. The number of benzene rings is 2. The Morgan fingerprint density at radius 3 is 2.73 bits per heavy atom. The maximum Gasteiger partial charge on any atom is 0.248 e. The summed E-state index contributed by atoms with van der Waals surface area (Å²) >= 11 is 0. The average molecular weight is 696 g/mol. The molecule has 1 aromatic heterocycles. The maximum absolute atomic E-state index is 15.7. The fourth-order valence-electron chi connectivity index (χ4n) is 5.47. The van der Waals surface area contributed by atoms with Gasteiger partial charge in [0.15, 0.2) is 19.0 Å². The van der Waals surface area contributed by atoms with Gasteiger partial charge in [0.2, 0.25) is 23.1 Å². The van der Waals surface area contributed by atoms with Gasteiger partial charge in [-0.3, -0.25) is 9.80 Å². The maximum atomic E-state index is 15.7. The normalized spacial score (nSPS) is 14.9. The number of likely N-dealkylation sites (N-methyl/N-ethyl adjacent to an activating group) is 1. The molecule has 1 amide bonds. The number of amides is 1. The van der Waals surface area contributed by atoms with Crippen molar-refractivity contribution in [2.45, 2.75) is 41.0 Å². The average Bonchev–Trinajstić information content (AvgIpc) is 3.15. The third-order valence-corrected chi connectivity index (χ3v) is 7.98. The summed E-state index contributed by atoms with van der Waals surface area (Å²) in [5, 5.41) is 9.82. The van der Waals surface area contributed by atoms with Gasteiger partial charge in [-0.2, -0.15) is 9.68 Å². The number of fused-ring (bicyclic) bond motifs is 4. The number of nitrogens with zero attached hydrogens (tertiary/aromatic N) is 7. The Bertz CT molecular complexity index is 1910. The topological polar surface area (TPSA) is 98.4 Å². The number of hydrogen-bond donors (Lipinski definition) is 1. The van der Waals surface area contributed by atoms with Gasteiger partial charge in [-0.1, -0.05) is 26.8 Å². The first-order valence-electron chi connectivity index (χ1n) is 17.2. The van der Waals surface area contributed by atoms with E-state index in [2.05, 4.69) is 30.9 Å². The quantitative estimate of drug-likeness (QED) is 0.125. The number of anilines is 2. The summed E-state index contributed by atoms with van der Waals surface area (Å²) in [5.74, 6) is 4.07. The first-order chi connectivity index (χ1) is 24.7. The van der Waals surface area contributed by atoms with Crippen molar-refractivity contribution in [3.63, 3.8) is 0 Å². The minimum absolute atomic E-state index is 0.0118. The van der Waals surface area contributed by atoms with Gasteiger partial charge < -0.3 is 24.6 Å². The van der Waals surface area contributed by atoms with Crippen molar-refractivity contribution < 1.29 is 23.2 Å². The number of nitrogens with one attached hydrogen (secondary N) is 1. The molecule has 3 aromatic rings. The van der Waals surface area contributed by atoms with E-state index < -0.39 is 5.82 Å². The molecule has 0 unspecified atom stereocenters. The monoisotopic (exact) mass is 695 g/mol. The Morgan fingerprint density at radius 1 is 1.25 bits per heavy atom. The lowest BCUT2D eigenvalue weighted by Gasteiger charge is -2.29. The van der Waals surface area contributed by atoms with Crippen molar-refractivity contribution in [3.8, 4) is 23.8 Å². The molecule has 0 fully saturated rings. The summed E-state index contributed by atoms with van der Waals surface area (Å²) in [4.78, 5) is 25.5. The Kier molecular flexibility index (Phi) is 13.8. The summed E-state index contributed by atoms with van der Waals surface area (Å²) in [6.07, 6.45) is 17.8. The lowest BCUT2D eigenvalue weighted by Crippen LogP contribution is -2.48. The summed E-state index contributed by atoms with van der Waals surface area (Å²) < 4.78 is 30.2. The molecule has 0 spiro atoms. The van der Waals surface area contributed by atoms with Gasteiger partial charge in [-0.25, -0.2) is 14.4 Å². The van der Waals surface area contributed by atoms with Crippen LogP contribution in [0.25, 0.3) is 10.9 Å². The van der Waals surface area contributed by atoms with Gasteiger partial charge in [0, 0.05) is 43.1 Å². The SMILES string of the molecule is C#CCC.C/C=N\N1C=CC(Oc2ccc(Nc3ncnc4ccc5c(c34)OCC3=[N+]5CCN(C(=O)/C=C/CN(C)C)C3)c(F)c2C)=CC1.CC. The van der Waals surface area contributed by atoms with Crippen LogP contribution in [-0.2, 0) is 4.79 Å². The smallest absolute Gasteiger partial charge is 0.248 e. The van der Waals surface area contributed by atoms with Gasteiger partial charge in [-0.05, 0) is 58.3 Å². The van der Waals surface area contributed by atoms with Crippen molar-refractivity contribution in [2.75, 3.05) is 58.7 Å². The van der Waals surface area contributed by atoms with Crippen LogP contribution < -0.4 is 14.8 Å². The van der Waals surface area contributed by atoms with Crippen LogP contribution in [0.15, 0.2) is 72.0 Å². The Hall–Kier alpha value is -5.54. The zero-order chi connectivity index (χ0) is 36.9. The van der Waals surface area contributed by atoms with Crippen molar-refractivity contribution >= 4 is 45.9 Å². The number of ether oxygens (including phenoxy) is 2. The summed E-state index contributed by atoms with van der Waals surface area (Å²) in [6.45, 7) is 12.8. The number of halogens is 1. The van der Waals surface area contributed by atoms with Gasteiger partial charge in [-0.15, -0.1) is 12.3 Å². The van der Waals surface area contributed by atoms with Crippen molar-refractivity contribution in [1.29, 1.82) is 0 Å². The standard InChI is InChI=1S/C33H36FN8O3.C4H6.C2H6/c1-5-37-41-15-12-24(13-16-41)45-28-11-9-26(31(34)22(28)2)38-33-30-25(35-21-36-33)8-10-27-32(30)44-20-23-19-40(17-18-42(23)27)29(43)7-6-14-39(3)4;1-3-4-2;1-2/h5-13,15,21H,14,16-20H2,1-4H3,(H,35,36,38);1H,4H2,2H3;1-2H3/q+1;;/b7-6+,37-5-;;. The molecule has 0 saturated heterocycles. The van der Waals surface area contributed by atoms with Gasteiger partial charge >= 0.3 is 0 Å². The van der Waals surface area contributed by atoms with E-state index in [1.807, 2.05) is 82.1 Å². The molecule has 12 heteroatoms. The van der Waals surface area contributed by atoms with Crippen molar-refractivity contribution in [2.24, 2.45) is 5.10 Å². The van der Waals surface area contributed by atoms with Gasteiger partial charge in [0.25, 0.3) is 0 Å². The summed E-state index contributed by atoms with van der Waals surface area (Å²) in [7, 11) is 3.93. The van der Waals surface area contributed by atoms with E-state index in [1.54, 1.807) is 42.4 Å². The highest BCUT2D eigenvalue weighted by Crippen LogP contribution is 2.42. The van der Waals surface area contributed by atoms with Crippen LogP contribution in [0.4, 0.5) is 21.6 Å². The van der Waals surface area contributed by atoms with E-state index in [9.17, 15) is 4.79 Å². The van der Waals surface area contributed by atoms with Gasteiger partial charge in [0.05, 0.1) is 29.7 Å². The van der Waals surface area contributed by atoms with Crippen LogP contribution in [0, 0.1) is 25.1 Å². The van der Waals surface area contributed by atoms with Gasteiger partial charge in [0.1, 0.15) is 30.2 Å². The fraction of sp³-hybridized carbons (Fsp3) is 0.359. The van der Waals surface area contributed by atoms with E-state index in [0.717, 1.165) is 17.8 Å². The Balaban J connectivity index is 0.000000909. The molecule has 3 aliphatic heterocycles. The van der Waals surface area contributed by atoms with Crippen LogP contribution in [0.2, 0.25) is 0 Å². The molecule has 268 valence electrons. The first-order valence-corrected chi connectivity index (χ1v) is 17.2. The number of allylic oxidation sites excluding steroid dienone is 1. The highest BCUT2D eigenvalue weighted by molar-refractivity contribution is 6.01. The number of carbonyl (C=O) groups is 1. The highest BCUT2D eigenvalue weighted by Gasteiger charge is 2.36. The van der Waals surface area contributed by atoms with Crippen LogP contribution in [-0.4, -0.2) is 101 Å². The number of hydrogen-bond acceptors (Lipinski definition) is 9. The van der Waals surface area contributed by atoms with E-state index in [4.69, 9.17) is 15.9 Å². The van der Waals surface area contributed by atoms with Crippen LogP contribution in [0.1, 0.15) is 39.7 Å². The predicted molar refractivity (Wildman–Crippen MR) is 203 cm³/mol. The number of terminal acetylenes is 1. The second-order valence-electron chi connectivity index (χ2n) is 11.7. The number of aromatic nitrogens is 2. The molecule has 0 saturated carbocycles. The molecule has 1 N–H and O–H groups in total. The third kappa shape index (κ3) is 9.38. The van der Waals surface area contributed by atoms with Crippen molar-refractivity contribution in [1.82, 2.24) is 24.8 Å². The van der Waals surface area contributed by atoms with E-state index >= 15 is 4.39 Å². The number of rotatable bonds is 8. The minimum atomic E-state index is -0.446. The van der Waals surface area contributed by atoms with Crippen LogP contribution >= 0.6 is 0 Å². The Morgan fingerprint density at radius 2 is 2.04 bits per heavy atom. The zero-order valence-electron chi connectivity index (χ0n) is 30.6. The highest BCUT2D eigenvalue weighted by atomic mass is 19.1.